The molecule has 0 amide bonds. The molecule has 0 aromatic heterocycles. The van der Waals surface area contributed by atoms with E-state index in [0.29, 0.717) is 0 Å². The van der Waals surface area contributed by atoms with Crippen molar-refractivity contribution in [3.63, 3.8) is 0 Å². The van der Waals surface area contributed by atoms with Gasteiger partial charge in [0.1, 0.15) is 0 Å². The molecule has 22 heavy (non-hydrogen) atoms. The van der Waals surface area contributed by atoms with E-state index < -0.39 is 11.0 Å². The first-order valence-corrected chi connectivity index (χ1v) is 9.68. The normalized spacial score (nSPS) is 34.0. The van der Waals surface area contributed by atoms with Gasteiger partial charge in [-0.2, -0.15) is 0 Å². The standard InChI is InChI=1S/C17H34N2O2S/c1-12-13(19-22(20)16(5,6)7)17(8-10-18-11-9-17)14(21-12)15(2,3)4/h12-14,18-19H,8-11H2,1-7H3/t12-,13+,14?,22+/m0/s1. The van der Waals surface area contributed by atoms with Gasteiger partial charge in [0, 0.05) is 5.41 Å². The zero-order valence-electron chi connectivity index (χ0n) is 15.3. The predicted octanol–water partition coefficient (Wildman–Crippen LogP) is 2.61. The summed E-state index contributed by atoms with van der Waals surface area (Å²) in [6.07, 6.45) is 2.46. The van der Waals surface area contributed by atoms with Crippen molar-refractivity contribution in [1.82, 2.24) is 10.0 Å². The highest BCUT2D eigenvalue weighted by Gasteiger charge is 2.58. The number of hydrogen-bond acceptors (Lipinski definition) is 3. The van der Waals surface area contributed by atoms with E-state index >= 15 is 0 Å². The van der Waals surface area contributed by atoms with Gasteiger partial charge in [-0.25, -0.2) is 8.93 Å². The van der Waals surface area contributed by atoms with Gasteiger partial charge in [0.25, 0.3) is 0 Å². The molecule has 0 saturated carbocycles. The Morgan fingerprint density at radius 1 is 1.14 bits per heavy atom. The number of hydrogen-bond donors (Lipinski definition) is 2. The van der Waals surface area contributed by atoms with Crippen LogP contribution in [-0.2, 0) is 15.7 Å². The highest BCUT2D eigenvalue weighted by Crippen LogP contribution is 2.51. The van der Waals surface area contributed by atoms with Crippen LogP contribution in [0.25, 0.3) is 0 Å². The third-order valence-corrected chi connectivity index (χ3v) is 6.65. The second-order valence-electron chi connectivity index (χ2n) is 9.05. The number of nitrogens with one attached hydrogen (secondary N) is 2. The van der Waals surface area contributed by atoms with Crippen LogP contribution in [0, 0.1) is 10.8 Å². The lowest BCUT2D eigenvalue weighted by molar-refractivity contribution is -0.0603. The van der Waals surface area contributed by atoms with Gasteiger partial charge < -0.3 is 10.1 Å². The Hall–Kier alpha value is 0.0300. The topological polar surface area (TPSA) is 50.4 Å². The zero-order valence-corrected chi connectivity index (χ0v) is 16.1. The van der Waals surface area contributed by atoms with Crippen LogP contribution < -0.4 is 10.0 Å². The molecule has 130 valence electrons. The molecule has 2 N–H and O–H groups in total. The van der Waals surface area contributed by atoms with Crippen LogP contribution in [0.4, 0.5) is 0 Å². The lowest BCUT2D eigenvalue weighted by Crippen LogP contribution is -2.57. The largest absolute Gasteiger partial charge is 0.372 e. The van der Waals surface area contributed by atoms with Crippen LogP contribution in [0.1, 0.15) is 61.3 Å². The molecule has 2 fully saturated rings. The molecule has 0 aromatic carbocycles. The van der Waals surface area contributed by atoms with Gasteiger partial charge in [-0.05, 0) is 59.0 Å². The number of piperidine rings is 1. The van der Waals surface area contributed by atoms with Gasteiger partial charge in [0.05, 0.1) is 34.0 Å². The molecule has 0 aliphatic carbocycles. The molecular weight excluding hydrogens is 296 g/mol. The lowest BCUT2D eigenvalue weighted by atomic mass is 9.63. The van der Waals surface area contributed by atoms with Crippen molar-refractivity contribution in [2.24, 2.45) is 10.8 Å². The Balaban J connectivity index is 2.32. The number of rotatable bonds is 2. The van der Waals surface area contributed by atoms with Crippen molar-refractivity contribution in [2.45, 2.75) is 84.3 Å². The molecule has 2 aliphatic heterocycles. The molecule has 2 rings (SSSR count). The minimum absolute atomic E-state index is 0.0732. The maximum absolute atomic E-state index is 12.7. The molecular formula is C17H34N2O2S. The average molecular weight is 331 g/mol. The quantitative estimate of drug-likeness (QED) is 0.818. The third-order valence-electron chi connectivity index (χ3n) is 5.07. The highest BCUT2D eigenvalue weighted by molar-refractivity contribution is 7.84. The highest BCUT2D eigenvalue weighted by atomic mass is 32.2. The Labute approximate surface area is 138 Å². The van der Waals surface area contributed by atoms with E-state index in [2.05, 4.69) is 37.7 Å². The van der Waals surface area contributed by atoms with Gasteiger partial charge >= 0.3 is 0 Å². The first kappa shape index (κ1) is 18.4. The van der Waals surface area contributed by atoms with E-state index in [-0.39, 0.29) is 33.8 Å². The molecule has 0 bridgehead atoms. The van der Waals surface area contributed by atoms with E-state index in [4.69, 9.17) is 4.74 Å². The maximum atomic E-state index is 12.7. The molecule has 1 spiro atoms. The molecule has 0 aromatic rings. The summed E-state index contributed by atoms with van der Waals surface area (Å²) in [7, 11) is -1.07. The SMILES string of the molecule is C[C@@H]1OC(C(C)(C)C)C2(CCNCC2)[C@@H]1N[S@](=O)C(C)(C)C. The van der Waals surface area contributed by atoms with Crippen LogP contribution in [0.2, 0.25) is 0 Å². The summed E-state index contributed by atoms with van der Waals surface area (Å²) in [5.41, 5.74) is 0.162. The van der Waals surface area contributed by atoms with E-state index in [9.17, 15) is 4.21 Å². The molecule has 2 heterocycles. The molecule has 2 aliphatic rings. The number of ether oxygens (including phenoxy) is 1. The van der Waals surface area contributed by atoms with Crippen LogP contribution in [0.3, 0.4) is 0 Å². The Kier molecular flexibility index (Phi) is 5.14. The first-order chi connectivity index (χ1) is 9.98. The summed E-state index contributed by atoms with van der Waals surface area (Å²) in [6.45, 7) is 17.0. The van der Waals surface area contributed by atoms with Crippen molar-refractivity contribution in [1.29, 1.82) is 0 Å². The molecule has 4 atom stereocenters. The Morgan fingerprint density at radius 2 is 1.68 bits per heavy atom. The summed E-state index contributed by atoms with van der Waals surface area (Å²) >= 11 is 0. The van der Waals surface area contributed by atoms with Gasteiger partial charge in [0.15, 0.2) is 0 Å². The second kappa shape index (κ2) is 6.15. The average Bonchev–Trinajstić information content (AvgIpc) is 2.64. The summed E-state index contributed by atoms with van der Waals surface area (Å²) in [6, 6.07) is 0.152. The maximum Gasteiger partial charge on any atom is 0.0973 e. The molecule has 2 saturated heterocycles. The fourth-order valence-electron chi connectivity index (χ4n) is 4.10. The van der Waals surface area contributed by atoms with Gasteiger partial charge in [-0.3, -0.25) is 0 Å². The fourth-order valence-corrected chi connectivity index (χ4v) is 5.11. The van der Waals surface area contributed by atoms with Crippen LogP contribution in [0.5, 0.6) is 0 Å². The van der Waals surface area contributed by atoms with Crippen molar-refractivity contribution >= 4 is 11.0 Å². The molecule has 0 radical (unpaired) electrons. The van der Waals surface area contributed by atoms with E-state index in [1.54, 1.807) is 0 Å². The van der Waals surface area contributed by atoms with Crippen LogP contribution in [-0.4, -0.2) is 40.3 Å². The van der Waals surface area contributed by atoms with E-state index in [0.717, 1.165) is 25.9 Å². The third kappa shape index (κ3) is 3.42. The first-order valence-electron chi connectivity index (χ1n) is 8.53. The minimum Gasteiger partial charge on any atom is -0.372 e. The monoisotopic (exact) mass is 330 g/mol. The molecule has 4 nitrogen and oxygen atoms in total. The van der Waals surface area contributed by atoms with Gasteiger partial charge in [0.2, 0.25) is 0 Å². The second-order valence-corrected chi connectivity index (χ2v) is 11.0. The van der Waals surface area contributed by atoms with Gasteiger partial charge in [-0.1, -0.05) is 20.8 Å². The van der Waals surface area contributed by atoms with Crippen molar-refractivity contribution in [3.05, 3.63) is 0 Å². The van der Waals surface area contributed by atoms with E-state index in [1.165, 1.54) is 0 Å². The Morgan fingerprint density at radius 3 is 2.14 bits per heavy atom. The van der Waals surface area contributed by atoms with Crippen molar-refractivity contribution in [2.75, 3.05) is 13.1 Å². The summed E-state index contributed by atoms with van der Waals surface area (Å²) in [5.74, 6) is 0. The lowest BCUT2D eigenvalue weighted by Gasteiger charge is -2.46. The Bertz CT molecular complexity index is 419. The van der Waals surface area contributed by atoms with Crippen LogP contribution >= 0.6 is 0 Å². The summed E-state index contributed by atoms with van der Waals surface area (Å²) in [5, 5.41) is 3.47. The van der Waals surface area contributed by atoms with E-state index in [1.807, 2.05) is 20.8 Å². The molecule has 1 unspecified atom stereocenters. The zero-order chi connectivity index (χ0) is 16.8. The van der Waals surface area contributed by atoms with Crippen molar-refractivity contribution < 1.29 is 8.95 Å². The fraction of sp³-hybridized carbons (Fsp3) is 1.00. The molecule has 5 heteroatoms. The predicted molar refractivity (Wildman–Crippen MR) is 93.1 cm³/mol. The van der Waals surface area contributed by atoms with Gasteiger partial charge in [-0.15, -0.1) is 0 Å². The summed E-state index contributed by atoms with van der Waals surface area (Å²) in [4.78, 5) is 0. The van der Waals surface area contributed by atoms with Crippen LogP contribution in [0.15, 0.2) is 0 Å². The minimum atomic E-state index is -1.07. The summed E-state index contributed by atoms with van der Waals surface area (Å²) < 4.78 is 22.3. The smallest absolute Gasteiger partial charge is 0.0973 e. The van der Waals surface area contributed by atoms with Crippen molar-refractivity contribution in [3.8, 4) is 0 Å².